The smallest absolute Gasteiger partial charge is 0.269 e. The number of hydrogen-bond acceptors (Lipinski definition) is 7. The molecule has 27 heavy (non-hydrogen) atoms. The predicted molar refractivity (Wildman–Crippen MR) is 102 cm³/mol. The van der Waals surface area contributed by atoms with Crippen molar-refractivity contribution >= 4 is 17.4 Å². The normalized spacial score (nSPS) is 10.1. The van der Waals surface area contributed by atoms with Gasteiger partial charge in [0, 0.05) is 5.56 Å². The Morgan fingerprint density at radius 2 is 1.74 bits per heavy atom. The summed E-state index contributed by atoms with van der Waals surface area (Å²) in [4.78, 5) is 20.4. The molecule has 8 nitrogen and oxygen atoms in total. The van der Waals surface area contributed by atoms with E-state index >= 15 is 0 Å². The molecule has 0 bridgehead atoms. The number of carbonyl (C=O) groups is 1. The number of nitrogens with one attached hydrogen (secondary N) is 2. The van der Waals surface area contributed by atoms with Crippen LogP contribution in [-0.2, 0) is 0 Å². The summed E-state index contributed by atoms with van der Waals surface area (Å²) in [6.07, 6.45) is 1.29. The van der Waals surface area contributed by atoms with Gasteiger partial charge in [-0.2, -0.15) is 4.98 Å². The van der Waals surface area contributed by atoms with Crippen LogP contribution in [0.15, 0.2) is 54.9 Å². The Bertz CT molecular complexity index is 944. The summed E-state index contributed by atoms with van der Waals surface area (Å²) in [5.41, 5.74) is 12.9. The van der Waals surface area contributed by atoms with Crippen molar-refractivity contribution in [3.05, 3.63) is 66.0 Å². The molecular formula is C19H19N5O3. The summed E-state index contributed by atoms with van der Waals surface area (Å²) >= 11 is 0. The summed E-state index contributed by atoms with van der Waals surface area (Å²) in [6, 6.07) is 14.2. The summed E-state index contributed by atoms with van der Waals surface area (Å²) in [6.45, 7) is 1.86. The SMILES string of the molecule is COc1ccc(Oc2ncnc(NNC(=O)c3ccccc3C)c2N)cc1. The molecule has 8 heteroatoms. The first-order chi connectivity index (χ1) is 13.1. The summed E-state index contributed by atoms with van der Waals surface area (Å²) in [5.74, 6) is 1.34. The zero-order valence-corrected chi connectivity index (χ0v) is 14.9. The number of ether oxygens (including phenoxy) is 2. The number of benzene rings is 2. The van der Waals surface area contributed by atoms with E-state index in [4.69, 9.17) is 15.2 Å². The van der Waals surface area contributed by atoms with Gasteiger partial charge in [0.15, 0.2) is 5.82 Å². The number of nitrogens with zero attached hydrogens (tertiary/aromatic N) is 2. The lowest BCUT2D eigenvalue weighted by atomic mass is 10.1. The predicted octanol–water partition coefficient (Wildman–Crippen LogP) is 2.93. The van der Waals surface area contributed by atoms with E-state index in [0.29, 0.717) is 17.1 Å². The Labute approximate surface area is 156 Å². The molecule has 1 aromatic heterocycles. The molecule has 3 aromatic rings. The van der Waals surface area contributed by atoms with E-state index in [-0.39, 0.29) is 23.3 Å². The Hall–Kier alpha value is -3.81. The van der Waals surface area contributed by atoms with Gasteiger partial charge in [0.1, 0.15) is 23.5 Å². The number of carbonyl (C=O) groups excluding carboxylic acids is 1. The van der Waals surface area contributed by atoms with Crippen molar-refractivity contribution in [2.24, 2.45) is 0 Å². The molecule has 0 radical (unpaired) electrons. The van der Waals surface area contributed by atoms with Gasteiger partial charge in [0.25, 0.3) is 5.91 Å². The highest BCUT2D eigenvalue weighted by Crippen LogP contribution is 2.29. The molecule has 0 aliphatic rings. The molecule has 0 aliphatic carbocycles. The first-order valence-electron chi connectivity index (χ1n) is 8.13. The van der Waals surface area contributed by atoms with Gasteiger partial charge in [-0.15, -0.1) is 0 Å². The van der Waals surface area contributed by atoms with E-state index in [1.54, 1.807) is 43.5 Å². The van der Waals surface area contributed by atoms with Crippen LogP contribution in [0, 0.1) is 6.92 Å². The minimum Gasteiger partial charge on any atom is -0.497 e. The van der Waals surface area contributed by atoms with Crippen LogP contribution in [0.25, 0.3) is 0 Å². The lowest BCUT2D eigenvalue weighted by Crippen LogP contribution is -2.30. The van der Waals surface area contributed by atoms with E-state index in [1.165, 1.54) is 6.33 Å². The van der Waals surface area contributed by atoms with Crippen molar-refractivity contribution in [1.82, 2.24) is 15.4 Å². The van der Waals surface area contributed by atoms with Gasteiger partial charge in [-0.3, -0.25) is 15.6 Å². The second-order valence-electron chi connectivity index (χ2n) is 5.61. The lowest BCUT2D eigenvalue weighted by molar-refractivity contribution is 0.0962. The van der Waals surface area contributed by atoms with Crippen molar-refractivity contribution in [2.75, 3.05) is 18.3 Å². The van der Waals surface area contributed by atoms with Gasteiger partial charge >= 0.3 is 0 Å². The van der Waals surface area contributed by atoms with Crippen molar-refractivity contribution in [2.45, 2.75) is 6.92 Å². The van der Waals surface area contributed by atoms with Gasteiger partial charge in [-0.05, 0) is 42.8 Å². The third-order valence-electron chi connectivity index (χ3n) is 3.81. The van der Waals surface area contributed by atoms with Gasteiger partial charge in [-0.25, -0.2) is 4.98 Å². The molecule has 0 unspecified atom stereocenters. The Morgan fingerprint density at radius 3 is 2.44 bits per heavy atom. The number of amides is 1. The van der Waals surface area contributed by atoms with E-state index in [0.717, 1.165) is 5.56 Å². The van der Waals surface area contributed by atoms with Crippen LogP contribution >= 0.6 is 0 Å². The Balaban J connectivity index is 1.71. The third-order valence-corrected chi connectivity index (χ3v) is 3.81. The van der Waals surface area contributed by atoms with E-state index in [2.05, 4.69) is 20.8 Å². The fourth-order valence-electron chi connectivity index (χ4n) is 2.33. The molecule has 4 N–H and O–H groups in total. The number of nitrogens with two attached hydrogens (primary N) is 1. The maximum absolute atomic E-state index is 12.3. The number of aryl methyl sites for hydroxylation is 1. The van der Waals surface area contributed by atoms with Crippen molar-refractivity contribution in [1.29, 1.82) is 0 Å². The van der Waals surface area contributed by atoms with Crippen LogP contribution < -0.4 is 26.1 Å². The fraction of sp³-hybridized carbons (Fsp3) is 0.105. The minimum absolute atomic E-state index is 0.165. The Morgan fingerprint density at radius 1 is 1.04 bits per heavy atom. The number of methoxy groups -OCH3 is 1. The molecule has 0 aliphatic heterocycles. The van der Waals surface area contributed by atoms with Crippen LogP contribution in [0.3, 0.4) is 0 Å². The maximum atomic E-state index is 12.3. The van der Waals surface area contributed by atoms with Crippen LogP contribution in [-0.4, -0.2) is 23.0 Å². The quantitative estimate of drug-likeness (QED) is 0.576. The highest BCUT2D eigenvalue weighted by atomic mass is 16.5. The highest BCUT2D eigenvalue weighted by Gasteiger charge is 2.13. The molecule has 0 fully saturated rings. The van der Waals surface area contributed by atoms with E-state index < -0.39 is 0 Å². The fourth-order valence-corrected chi connectivity index (χ4v) is 2.33. The number of anilines is 2. The van der Waals surface area contributed by atoms with Crippen LogP contribution in [0.1, 0.15) is 15.9 Å². The first-order valence-corrected chi connectivity index (χ1v) is 8.13. The number of aromatic nitrogens is 2. The second kappa shape index (κ2) is 8.05. The molecule has 0 saturated heterocycles. The maximum Gasteiger partial charge on any atom is 0.269 e. The van der Waals surface area contributed by atoms with Crippen molar-refractivity contribution < 1.29 is 14.3 Å². The van der Waals surface area contributed by atoms with Gasteiger partial charge in [0.2, 0.25) is 5.88 Å². The molecule has 0 atom stereocenters. The molecule has 1 heterocycles. The van der Waals surface area contributed by atoms with E-state index in [1.807, 2.05) is 19.1 Å². The van der Waals surface area contributed by atoms with Crippen molar-refractivity contribution in [3.8, 4) is 17.4 Å². The summed E-state index contributed by atoms with van der Waals surface area (Å²) < 4.78 is 10.8. The number of hydrazine groups is 1. The Kier molecular flexibility index (Phi) is 5.36. The third kappa shape index (κ3) is 4.24. The second-order valence-corrected chi connectivity index (χ2v) is 5.61. The molecule has 2 aromatic carbocycles. The van der Waals surface area contributed by atoms with Crippen LogP contribution in [0.2, 0.25) is 0 Å². The topological polar surface area (TPSA) is 111 Å². The molecule has 1 amide bonds. The molecule has 3 rings (SSSR count). The average Bonchev–Trinajstić information content (AvgIpc) is 2.69. The molecule has 138 valence electrons. The molecule has 0 spiro atoms. The van der Waals surface area contributed by atoms with E-state index in [9.17, 15) is 4.79 Å². The van der Waals surface area contributed by atoms with Gasteiger partial charge in [0.05, 0.1) is 7.11 Å². The highest BCUT2D eigenvalue weighted by molar-refractivity contribution is 5.96. The van der Waals surface area contributed by atoms with Crippen LogP contribution in [0.5, 0.6) is 17.4 Å². The first kappa shape index (κ1) is 18.0. The summed E-state index contributed by atoms with van der Waals surface area (Å²) in [5, 5.41) is 0. The van der Waals surface area contributed by atoms with Crippen LogP contribution in [0.4, 0.5) is 11.5 Å². The molecular weight excluding hydrogens is 346 g/mol. The zero-order valence-electron chi connectivity index (χ0n) is 14.9. The van der Waals surface area contributed by atoms with Crippen molar-refractivity contribution in [3.63, 3.8) is 0 Å². The zero-order chi connectivity index (χ0) is 19.2. The standard InChI is InChI=1S/C19H19N5O3/c1-12-5-3-4-6-15(12)18(25)24-23-17-16(20)19(22-11-21-17)27-14-9-7-13(26-2)8-10-14/h3-11H,20H2,1-2H3,(H,24,25)(H,21,22,23). The van der Waals surface area contributed by atoms with Gasteiger partial charge in [-0.1, -0.05) is 18.2 Å². The lowest BCUT2D eigenvalue weighted by Gasteiger charge is -2.13. The summed E-state index contributed by atoms with van der Waals surface area (Å²) in [7, 11) is 1.58. The largest absolute Gasteiger partial charge is 0.497 e. The van der Waals surface area contributed by atoms with Gasteiger partial charge < -0.3 is 15.2 Å². The minimum atomic E-state index is -0.302. The number of nitrogen functional groups attached to an aromatic ring is 1. The molecule has 0 saturated carbocycles. The monoisotopic (exact) mass is 365 g/mol. The number of hydrogen-bond donors (Lipinski definition) is 3. The average molecular weight is 365 g/mol. The number of rotatable bonds is 6.